The van der Waals surface area contributed by atoms with Crippen molar-refractivity contribution in [1.29, 1.82) is 0 Å². The van der Waals surface area contributed by atoms with E-state index in [0.717, 1.165) is 23.8 Å². The highest BCUT2D eigenvalue weighted by atomic mass is 19.4. The van der Waals surface area contributed by atoms with Gasteiger partial charge in [0.15, 0.2) is 0 Å². The monoisotopic (exact) mass is 323 g/mol. The second kappa shape index (κ2) is 6.64. The summed E-state index contributed by atoms with van der Waals surface area (Å²) in [6.07, 6.45) is -2.58. The van der Waals surface area contributed by atoms with Crippen LogP contribution in [0.25, 0.3) is 6.08 Å². The van der Waals surface area contributed by atoms with Crippen molar-refractivity contribution in [2.45, 2.75) is 13.1 Å². The molecule has 0 atom stereocenters. The summed E-state index contributed by atoms with van der Waals surface area (Å²) in [5, 5.41) is 2.53. The van der Waals surface area contributed by atoms with E-state index >= 15 is 0 Å². The molecule has 0 saturated heterocycles. The van der Waals surface area contributed by atoms with E-state index < -0.39 is 23.5 Å². The fourth-order valence-electron chi connectivity index (χ4n) is 1.83. The average molecular weight is 323 g/mol. The summed E-state index contributed by atoms with van der Waals surface area (Å²) in [6, 6.07) is 9.00. The predicted octanol–water partition coefficient (Wildman–Crippen LogP) is 4.80. The van der Waals surface area contributed by atoms with Crippen LogP contribution >= 0.6 is 0 Å². The molecule has 0 spiro atoms. The number of rotatable bonds is 3. The van der Waals surface area contributed by atoms with Gasteiger partial charge in [0.1, 0.15) is 5.82 Å². The lowest BCUT2D eigenvalue weighted by molar-refractivity contribution is -0.137. The minimum atomic E-state index is -4.57. The van der Waals surface area contributed by atoms with E-state index in [1.54, 1.807) is 24.3 Å². The molecule has 120 valence electrons. The van der Waals surface area contributed by atoms with Crippen molar-refractivity contribution in [2.75, 3.05) is 5.32 Å². The number of anilines is 1. The maximum Gasteiger partial charge on any atom is 0.416 e. The molecule has 0 heterocycles. The van der Waals surface area contributed by atoms with Gasteiger partial charge in [-0.05, 0) is 43.3 Å². The van der Waals surface area contributed by atoms with Crippen molar-refractivity contribution in [1.82, 2.24) is 0 Å². The van der Waals surface area contributed by atoms with Gasteiger partial charge >= 0.3 is 6.18 Å². The quantitative estimate of drug-likeness (QED) is 0.638. The Morgan fingerprint density at radius 2 is 1.74 bits per heavy atom. The van der Waals surface area contributed by atoms with Crippen LogP contribution in [0.4, 0.5) is 23.2 Å². The Balaban J connectivity index is 2.13. The Morgan fingerprint density at radius 1 is 1.09 bits per heavy atom. The van der Waals surface area contributed by atoms with Gasteiger partial charge in [-0.15, -0.1) is 0 Å². The molecule has 0 aliphatic rings. The van der Waals surface area contributed by atoms with Crippen LogP contribution in [0.5, 0.6) is 0 Å². The van der Waals surface area contributed by atoms with Gasteiger partial charge in [-0.2, -0.15) is 13.2 Å². The van der Waals surface area contributed by atoms with Crippen LogP contribution in [-0.4, -0.2) is 5.91 Å². The van der Waals surface area contributed by atoms with Crippen LogP contribution in [0.15, 0.2) is 48.5 Å². The van der Waals surface area contributed by atoms with Gasteiger partial charge in [0, 0.05) is 17.3 Å². The number of nitrogens with one attached hydrogen (secondary N) is 1. The highest BCUT2D eigenvalue weighted by molar-refractivity contribution is 6.01. The lowest BCUT2D eigenvalue weighted by atomic mass is 10.1. The van der Waals surface area contributed by atoms with Crippen molar-refractivity contribution in [3.63, 3.8) is 0 Å². The van der Waals surface area contributed by atoms with E-state index in [9.17, 15) is 22.4 Å². The first kappa shape index (κ1) is 16.7. The number of amides is 1. The topological polar surface area (TPSA) is 29.1 Å². The normalized spacial score (nSPS) is 11.7. The fraction of sp³-hybridized carbons (Fsp3) is 0.118. The van der Waals surface area contributed by atoms with E-state index in [0.29, 0.717) is 17.8 Å². The maximum atomic E-state index is 13.5. The van der Waals surface area contributed by atoms with Gasteiger partial charge in [0.2, 0.25) is 5.91 Å². The van der Waals surface area contributed by atoms with E-state index in [1.165, 1.54) is 0 Å². The number of halogens is 4. The lowest BCUT2D eigenvalue weighted by Gasteiger charge is -2.07. The average Bonchev–Trinajstić information content (AvgIpc) is 2.47. The van der Waals surface area contributed by atoms with Gasteiger partial charge in [-0.25, -0.2) is 4.39 Å². The fourth-order valence-corrected chi connectivity index (χ4v) is 1.83. The van der Waals surface area contributed by atoms with E-state index in [2.05, 4.69) is 5.32 Å². The highest BCUT2D eigenvalue weighted by Crippen LogP contribution is 2.30. The molecule has 6 heteroatoms. The second-order valence-corrected chi connectivity index (χ2v) is 4.92. The molecular formula is C17H13F4NO. The van der Waals surface area contributed by atoms with E-state index in [-0.39, 0.29) is 5.56 Å². The number of carbonyl (C=O) groups is 1. The Kier molecular flexibility index (Phi) is 4.83. The Morgan fingerprint density at radius 3 is 2.35 bits per heavy atom. The number of hydrogen-bond acceptors (Lipinski definition) is 1. The zero-order valence-electron chi connectivity index (χ0n) is 12.1. The molecule has 23 heavy (non-hydrogen) atoms. The molecule has 0 bridgehead atoms. The summed E-state index contributed by atoms with van der Waals surface area (Å²) in [5.74, 6) is -1.40. The van der Waals surface area contributed by atoms with Crippen LogP contribution in [-0.2, 0) is 11.0 Å². The standard InChI is InChI=1S/C17H13F4NO/c1-11-2-6-14(7-3-11)22-16(23)9-4-12-10-13(17(19,20)21)5-8-15(12)18/h2-10H,1H3,(H,22,23). The third-order valence-corrected chi connectivity index (χ3v) is 3.06. The van der Waals surface area contributed by atoms with Gasteiger partial charge < -0.3 is 5.32 Å². The second-order valence-electron chi connectivity index (χ2n) is 4.92. The summed E-state index contributed by atoms with van der Waals surface area (Å²) < 4.78 is 51.3. The minimum Gasteiger partial charge on any atom is -0.323 e. The molecule has 2 aromatic carbocycles. The van der Waals surface area contributed by atoms with Crippen molar-refractivity contribution in [3.8, 4) is 0 Å². The zero-order chi connectivity index (χ0) is 17.0. The number of aryl methyl sites for hydroxylation is 1. The zero-order valence-corrected chi connectivity index (χ0v) is 12.1. The Hall–Kier alpha value is -2.63. The van der Waals surface area contributed by atoms with Crippen molar-refractivity contribution in [2.24, 2.45) is 0 Å². The maximum absolute atomic E-state index is 13.5. The summed E-state index contributed by atoms with van der Waals surface area (Å²) in [6.45, 7) is 1.89. The van der Waals surface area contributed by atoms with Gasteiger partial charge in [-0.3, -0.25) is 4.79 Å². The number of carbonyl (C=O) groups excluding carboxylic acids is 1. The molecule has 2 aromatic rings. The van der Waals surface area contributed by atoms with Crippen LogP contribution in [0, 0.1) is 12.7 Å². The largest absolute Gasteiger partial charge is 0.416 e. The van der Waals surface area contributed by atoms with Gasteiger partial charge in [0.25, 0.3) is 0 Å². The first-order chi connectivity index (χ1) is 10.8. The molecule has 2 nitrogen and oxygen atoms in total. The Bertz CT molecular complexity index is 733. The molecule has 0 aliphatic carbocycles. The molecule has 0 unspecified atom stereocenters. The molecule has 1 amide bonds. The molecule has 0 radical (unpaired) electrons. The number of alkyl halides is 3. The minimum absolute atomic E-state index is 0.307. The van der Waals surface area contributed by atoms with Crippen molar-refractivity contribution >= 4 is 17.7 Å². The predicted molar refractivity (Wildman–Crippen MR) is 80.2 cm³/mol. The smallest absolute Gasteiger partial charge is 0.323 e. The van der Waals surface area contributed by atoms with Crippen LogP contribution in [0.2, 0.25) is 0 Å². The Labute approximate surface area is 130 Å². The highest BCUT2D eigenvalue weighted by Gasteiger charge is 2.30. The van der Waals surface area contributed by atoms with Gasteiger partial charge in [0.05, 0.1) is 5.56 Å². The number of hydrogen-bond donors (Lipinski definition) is 1. The SMILES string of the molecule is Cc1ccc(NC(=O)C=Cc2cc(C(F)(F)F)ccc2F)cc1. The van der Waals surface area contributed by atoms with Crippen LogP contribution in [0.3, 0.4) is 0 Å². The van der Waals surface area contributed by atoms with E-state index in [1.807, 2.05) is 6.92 Å². The van der Waals surface area contributed by atoms with Crippen LogP contribution < -0.4 is 5.32 Å². The lowest BCUT2D eigenvalue weighted by Crippen LogP contribution is -2.08. The molecule has 0 saturated carbocycles. The third kappa shape index (κ3) is 4.67. The summed E-state index contributed by atoms with van der Waals surface area (Å²) in [5.41, 5.74) is 0.274. The van der Waals surface area contributed by atoms with Crippen LogP contribution in [0.1, 0.15) is 16.7 Å². The first-order valence-corrected chi connectivity index (χ1v) is 6.68. The summed E-state index contributed by atoms with van der Waals surface area (Å²) in [4.78, 5) is 11.7. The molecule has 0 aliphatic heterocycles. The molecule has 0 fully saturated rings. The molecule has 2 rings (SSSR count). The molecule has 1 N–H and O–H groups in total. The molecule has 0 aromatic heterocycles. The van der Waals surface area contributed by atoms with E-state index in [4.69, 9.17) is 0 Å². The number of benzene rings is 2. The summed E-state index contributed by atoms with van der Waals surface area (Å²) in [7, 11) is 0. The first-order valence-electron chi connectivity index (χ1n) is 6.68. The molecular weight excluding hydrogens is 310 g/mol. The van der Waals surface area contributed by atoms with Crippen molar-refractivity contribution < 1.29 is 22.4 Å². The van der Waals surface area contributed by atoms with Gasteiger partial charge in [-0.1, -0.05) is 17.7 Å². The van der Waals surface area contributed by atoms with Crippen molar-refractivity contribution in [3.05, 3.63) is 71.0 Å². The summed E-state index contributed by atoms with van der Waals surface area (Å²) >= 11 is 0. The third-order valence-electron chi connectivity index (χ3n) is 3.06.